The first-order chi connectivity index (χ1) is 13.1. The lowest BCUT2D eigenvalue weighted by atomic mass is 10.1. The number of hydrogen-bond donors (Lipinski definition) is 2. The van der Waals surface area contributed by atoms with Crippen molar-refractivity contribution in [1.82, 2.24) is 14.6 Å². The number of nitrogens with one attached hydrogen (secondary N) is 1. The summed E-state index contributed by atoms with van der Waals surface area (Å²) >= 11 is 0. The zero-order valence-electron chi connectivity index (χ0n) is 14.6. The van der Waals surface area contributed by atoms with Gasteiger partial charge in [0, 0.05) is 23.0 Å². The van der Waals surface area contributed by atoms with Crippen LogP contribution in [0.1, 0.15) is 10.4 Å². The lowest BCUT2D eigenvalue weighted by molar-refractivity contribution is 0.100. The van der Waals surface area contributed by atoms with E-state index in [2.05, 4.69) is 15.4 Å². The number of primary amides is 1. The van der Waals surface area contributed by atoms with Crippen molar-refractivity contribution in [1.29, 1.82) is 0 Å². The second-order valence-corrected chi connectivity index (χ2v) is 5.92. The number of nitrogens with two attached hydrogens (primary N) is 1. The first kappa shape index (κ1) is 16.6. The van der Waals surface area contributed by atoms with Gasteiger partial charge in [-0.1, -0.05) is 12.1 Å². The summed E-state index contributed by atoms with van der Waals surface area (Å²) in [6.07, 6.45) is 1.84. The fraction of sp³-hybridized carbons (Fsp3) is 0.0500. The number of fused-ring (bicyclic) bond motifs is 1. The number of methoxy groups -OCH3 is 1. The van der Waals surface area contributed by atoms with Crippen LogP contribution in [0.3, 0.4) is 0 Å². The molecule has 2 heterocycles. The van der Waals surface area contributed by atoms with Crippen molar-refractivity contribution in [2.24, 2.45) is 5.73 Å². The van der Waals surface area contributed by atoms with Crippen molar-refractivity contribution in [3.05, 3.63) is 72.4 Å². The zero-order chi connectivity index (χ0) is 18.8. The second-order valence-electron chi connectivity index (χ2n) is 5.92. The molecule has 4 aromatic rings. The van der Waals surface area contributed by atoms with Gasteiger partial charge in [0.25, 0.3) is 0 Å². The average molecular weight is 359 g/mol. The minimum Gasteiger partial charge on any atom is -0.497 e. The van der Waals surface area contributed by atoms with Crippen molar-refractivity contribution < 1.29 is 9.53 Å². The van der Waals surface area contributed by atoms with Gasteiger partial charge < -0.3 is 15.8 Å². The highest BCUT2D eigenvalue weighted by atomic mass is 16.5. The van der Waals surface area contributed by atoms with E-state index in [0.717, 1.165) is 28.2 Å². The van der Waals surface area contributed by atoms with Crippen molar-refractivity contribution in [2.45, 2.75) is 0 Å². The van der Waals surface area contributed by atoms with Gasteiger partial charge in [-0.2, -0.15) is 4.98 Å². The van der Waals surface area contributed by atoms with Gasteiger partial charge in [-0.3, -0.25) is 4.79 Å². The second kappa shape index (κ2) is 6.80. The summed E-state index contributed by atoms with van der Waals surface area (Å²) in [5.41, 5.74) is 9.19. The summed E-state index contributed by atoms with van der Waals surface area (Å²) in [6, 6.07) is 18.5. The molecule has 0 saturated carbocycles. The molecule has 0 radical (unpaired) electrons. The highest BCUT2D eigenvalue weighted by Gasteiger charge is 2.10. The highest BCUT2D eigenvalue weighted by molar-refractivity contribution is 5.93. The van der Waals surface area contributed by atoms with Crippen LogP contribution < -0.4 is 15.8 Å². The molecule has 0 saturated heterocycles. The van der Waals surface area contributed by atoms with E-state index < -0.39 is 5.91 Å². The first-order valence-electron chi connectivity index (χ1n) is 8.31. The number of carbonyl (C=O) groups is 1. The fourth-order valence-electron chi connectivity index (χ4n) is 2.80. The molecule has 0 atom stereocenters. The van der Waals surface area contributed by atoms with Crippen molar-refractivity contribution in [2.75, 3.05) is 12.4 Å². The molecule has 7 heteroatoms. The molecule has 134 valence electrons. The minimum absolute atomic E-state index is 0.449. The van der Waals surface area contributed by atoms with Crippen LogP contribution in [0, 0.1) is 0 Å². The first-order valence-corrected chi connectivity index (χ1v) is 8.31. The lowest BCUT2D eigenvalue weighted by Gasteiger charge is -2.04. The molecule has 2 aromatic carbocycles. The van der Waals surface area contributed by atoms with E-state index in [0.29, 0.717) is 11.5 Å². The molecule has 0 aliphatic carbocycles. The van der Waals surface area contributed by atoms with E-state index in [1.807, 2.05) is 42.6 Å². The maximum Gasteiger partial charge on any atom is 0.248 e. The lowest BCUT2D eigenvalue weighted by Crippen LogP contribution is -2.10. The SMILES string of the molecule is COc1ccc(-c2cccn3nc(Nc4ccc(C(N)=O)cc4)nc23)cc1. The van der Waals surface area contributed by atoms with Gasteiger partial charge >= 0.3 is 0 Å². The monoisotopic (exact) mass is 359 g/mol. The van der Waals surface area contributed by atoms with Gasteiger partial charge in [-0.05, 0) is 54.1 Å². The van der Waals surface area contributed by atoms with Gasteiger partial charge in [0.15, 0.2) is 5.65 Å². The van der Waals surface area contributed by atoms with Crippen LogP contribution in [0.4, 0.5) is 11.6 Å². The summed E-state index contributed by atoms with van der Waals surface area (Å²) in [4.78, 5) is 15.8. The quantitative estimate of drug-likeness (QED) is 0.570. The van der Waals surface area contributed by atoms with Gasteiger partial charge in [-0.25, -0.2) is 4.52 Å². The Morgan fingerprint density at radius 3 is 2.48 bits per heavy atom. The number of pyridine rings is 1. The van der Waals surface area contributed by atoms with E-state index in [4.69, 9.17) is 10.5 Å². The van der Waals surface area contributed by atoms with Crippen LogP contribution in [0.15, 0.2) is 66.9 Å². The summed E-state index contributed by atoms with van der Waals surface area (Å²) < 4.78 is 6.94. The molecule has 0 aliphatic rings. The molecule has 0 bridgehead atoms. The zero-order valence-corrected chi connectivity index (χ0v) is 14.6. The third-order valence-corrected chi connectivity index (χ3v) is 4.19. The Morgan fingerprint density at radius 1 is 1.07 bits per heavy atom. The Hall–Kier alpha value is -3.87. The van der Waals surface area contributed by atoms with E-state index >= 15 is 0 Å². The molecule has 3 N–H and O–H groups in total. The van der Waals surface area contributed by atoms with Gasteiger partial charge in [0.2, 0.25) is 11.9 Å². The van der Waals surface area contributed by atoms with Gasteiger partial charge in [0.05, 0.1) is 7.11 Å². The molecule has 7 nitrogen and oxygen atoms in total. The van der Waals surface area contributed by atoms with E-state index in [1.54, 1.807) is 35.9 Å². The molecule has 0 aliphatic heterocycles. The van der Waals surface area contributed by atoms with Crippen LogP contribution in [0.5, 0.6) is 5.75 Å². The topological polar surface area (TPSA) is 94.5 Å². The number of amides is 1. The Balaban J connectivity index is 1.66. The molecule has 4 rings (SSSR count). The van der Waals surface area contributed by atoms with Gasteiger partial charge in [0.1, 0.15) is 5.75 Å². The number of anilines is 2. The number of rotatable bonds is 5. The standard InChI is InChI=1S/C20H17N5O2/c1-27-16-10-6-13(7-11-16)17-3-2-12-25-19(17)23-20(24-25)22-15-8-4-14(5-9-15)18(21)26/h2-12H,1H3,(H2,21,26)(H,22,24). The predicted molar refractivity (Wildman–Crippen MR) is 103 cm³/mol. The number of benzene rings is 2. The number of aromatic nitrogens is 3. The van der Waals surface area contributed by atoms with Gasteiger partial charge in [-0.15, -0.1) is 5.10 Å². The van der Waals surface area contributed by atoms with Crippen LogP contribution in [0.2, 0.25) is 0 Å². The minimum atomic E-state index is -0.462. The highest BCUT2D eigenvalue weighted by Crippen LogP contribution is 2.26. The number of ether oxygens (including phenoxy) is 1. The molecule has 27 heavy (non-hydrogen) atoms. The van der Waals surface area contributed by atoms with Crippen molar-refractivity contribution >= 4 is 23.2 Å². The largest absolute Gasteiger partial charge is 0.497 e. The maximum atomic E-state index is 11.2. The van der Waals surface area contributed by atoms with Crippen molar-refractivity contribution in [3.63, 3.8) is 0 Å². The van der Waals surface area contributed by atoms with Crippen LogP contribution >= 0.6 is 0 Å². The number of nitrogens with zero attached hydrogens (tertiary/aromatic N) is 3. The third kappa shape index (κ3) is 3.30. The maximum absolute atomic E-state index is 11.2. The molecular weight excluding hydrogens is 342 g/mol. The molecule has 1 amide bonds. The van der Waals surface area contributed by atoms with E-state index in [1.165, 1.54) is 0 Å². The molecule has 0 unspecified atom stereocenters. The van der Waals surface area contributed by atoms with E-state index in [9.17, 15) is 4.79 Å². The van der Waals surface area contributed by atoms with Crippen LogP contribution in [0.25, 0.3) is 16.8 Å². The normalized spacial score (nSPS) is 10.7. The Kier molecular flexibility index (Phi) is 4.18. The molecule has 0 spiro atoms. The summed E-state index contributed by atoms with van der Waals surface area (Å²) in [6.45, 7) is 0. The Labute approximate surface area is 155 Å². The molecular formula is C20H17N5O2. The molecule has 2 aromatic heterocycles. The molecule has 0 fully saturated rings. The van der Waals surface area contributed by atoms with Crippen LogP contribution in [-0.2, 0) is 0 Å². The third-order valence-electron chi connectivity index (χ3n) is 4.19. The average Bonchev–Trinajstić information content (AvgIpc) is 3.11. The fourth-order valence-corrected chi connectivity index (χ4v) is 2.80. The summed E-state index contributed by atoms with van der Waals surface area (Å²) in [5, 5.41) is 7.60. The predicted octanol–water partition coefficient (Wildman–Crippen LogP) is 3.25. The Morgan fingerprint density at radius 2 is 1.81 bits per heavy atom. The van der Waals surface area contributed by atoms with Crippen molar-refractivity contribution in [3.8, 4) is 16.9 Å². The van der Waals surface area contributed by atoms with Crippen LogP contribution in [-0.4, -0.2) is 27.6 Å². The summed E-state index contributed by atoms with van der Waals surface area (Å²) in [7, 11) is 1.64. The van der Waals surface area contributed by atoms with E-state index in [-0.39, 0.29) is 0 Å². The summed E-state index contributed by atoms with van der Waals surface area (Å²) in [5.74, 6) is 0.799. The Bertz CT molecular complexity index is 1100. The number of hydrogen-bond acceptors (Lipinski definition) is 5. The number of carbonyl (C=O) groups excluding carboxylic acids is 1. The smallest absolute Gasteiger partial charge is 0.248 e.